The van der Waals surface area contributed by atoms with Crippen LogP contribution in [0.25, 0.3) is 10.9 Å². The summed E-state index contributed by atoms with van der Waals surface area (Å²) in [7, 11) is 0. The van der Waals surface area contributed by atoms with Crippen LogP contribution in [0.1, 0.15) is 55.0 Å². The average Bonchev–Trinajstić information content (AvgIpc) is 3.16. The lowest BCUT2D eigenvalue weighted by atomic mass is 10.1. The lowest BCUT2D eigenvalue weighted by Gasteiger charge is -2.16. The minimum absolute atomic E-state index is 0.0217. The van der Waals surface area contributed by atoms with Crippen molar-refractivity contribution in [3.63, 3.8) is 0 Å². The summed E-state index contributed by atoms with van der Waals surface area (Å²) >= 11 is 0. The molecule has 0 bridgehead atoms. The molecule has 0 saturated carbocycles. The molecule has 0 saturated heterocycles. The van der Waals surface area contributed by atoms with Gasteiger partial charge in [0, 0.05) is 18.5 Å². The van der Waals surface area contributed by atoms with Crippen LogP contribution in [0, 0.1) is 0 Å². The van der Waals surface area contributed by atoms with Crippen molar-refractivity contribution >= 4 is 16.8 Å². The normalized spacial score (nSPS) is 14.1. The number of hydrogen-bond acceptors (Lipinski definition) is 4. The van der Waals surface area contributed by atoms with Crippen LogP contribution in [-0.4, -0.2) is 21.6 Å². The molecule has 0 spiro atoms. The van der Waals surface area contributed by atoms with E-state index in [9.17, 15) is 9.59 Å². The highest BCUT2D eigenvalue weighted by Gasteiger charge is 2.18. The number of aromatic nitrogens is 2. The van der Waals surface area contributed by atoms with E-state index in [4.69, 9.17) is 4.74 Å². The molecule has 1 unspecified atom stereocenters. The van der Waals surface area contributed by atoms with E-state index in [0.717, 1.165) is 36.5 Å². The third-order valence-corrected chi connectivity index (χ3v) is 5.18. The maximum atomic E-state index is 12.8. The third-order valence-electron chi connectivity index (χ3n) is 5.18. The van der Waals surface area contributed by atoms with E-state index in [1.54, 1.807) is 22.8 Å². The van der Waals surface area contributed by atoms with E-state index in [1.807, 2.05) is 45.0 Å². The maximum absolute atomic E-state index is 12.8. The quantitative estimate of drug-likeness (QED) is 0.721. The second kappa shape index (κ2) is 7.70. The van der Waals surface area contributed by atoms with E-state index >= 15 is 0 Å². The molecule has 1 aromatic heterocycles. The van der Waals surface area contributed by atoms with Gasteiger partial charge < -0.3 is 10.1 Å². The fourth-order valence-electron chi connectivity index (χ4n) is 3.70. The molecule has 2 heterocycles. The fraction of sp³-hybridized carbons (Fsp3) is 0.348. The van der Waals surface area contributed by atoms with Gasteiger partial charge in [-0.1, -0.05) is 12.1 Å². The summed E-state index contributed by atoms with van der Waals surface area (Å²) < 4.78 is 7.39. The summed E-state index contributed by atoms with van der Waals surface area (Å²) in [5.41, 5.74) is 2.05. The second-order valence-electron chi connectivity index (χ2n) is 7.75. The zero-order valence-electron chi connectivity index (χ0n) is 16.9. The molecule has 0 fully saturated rings. The van der Waals surface area contributed by atoms with Crippen LogP contribution in [0.4, 0.5) is 0 Å². The summed E-state index contributed by atoms with van der Waals surface area (Å²) in [6, 6.07) is 12.7. The topological polar surface area (TPSA) is 73.2 Å². The van der Waals surface area contributed by atoms with Crippen LogP contribution in [0.3, 0.4) is 0 Å². The van der Waals surface area contributed by atoms with Crippen LogP contribution in [-0.2, 0) is 13.0 Å². The first-order chi connectivity index (χ1) is 13.9. The highest BCUT2D eigenvalue weighted by Crippen LogP contribution is 2.20. The van der Waals surface area contributed by atoms with Gasteiger partial charge in [-0.05, 0) is 63.1 Å². The highest BCUT2D eigenvalue weighted by molar-refractivity contribution is 5.97. The zero-order valence-corrected chi connectivity index (χ0v) is 16.9. The Hall–Kier alpha value is -3.15. The predicted molar refractivity (Wildman–Crippen MR) is 112 cm³/mol. The van der Waals surface area contributed by atoms with Crippen molar-refractivity contribution < 1.29 is 9.53 Å². The molecule has 1 atom stereocenters. The molecular formula is C23H25N3O3. The molecule has 1 amide bonds. The van der Waals surface area contributed by atoms with Crippen LogP contribution in [0.15, 0.2) is 47.3 Å². The molecule has 1 aliphatic heterocycles. The number of nitrogens with one attached hydrogen (secondary N) is 1. The monoisotopic (exact) mass is 391 g/mol. The molecule has 29 heavy (non-hydrogen) atoms. The van der Waals surface area contributed by atoms with Crippen molar-refractivity contribution in [2.75, 3.05) is 0 Å². The van der Waals surface area contributed by atoms with Gasteiger partial charge in [-0.25, -0.2) is 4.98 Å². The van der Waals surface area contributed by atoms with Crippen molar-refractivity contribution in [2.45, 2.75) is 52.3 Å². The fourth-order valence-corrected chi connectivity index (χ4v) is 3.70. The Labute approximate surface area is 169 Å². The van der Waals surface area contributed by atoms with Crippen molar-refractivity contribution in [1.82, 2.24) is 14.9 Å². The minimum atomic E-state index is -0.190. The largest absolute Gasteiger partial charge is 0.491 e. The number of benzene rings is 2. The molecular weight excluding hydrogens is 366 g/mol. The number of nitrogens with zero attached hydrogens (tertiary/aromatic N) is 2. The van der Waals surface area contributed by atoms with Gasteiger partial charge >= 0.3 is 0 Å². The predicted octanol–water partition coefficient (Wildman–Crippen LogP) is 3.62. The number of amides is 1. The Morgan fingerprint density at radius 2 is 1.90 bits per heavy atom. The molecule has 1 N–H and O–H groups in total. The smallest absolute Gasteiger partial charge is 0.261 e. The molecule has 0 aliphatic carbocycles. The molecule has 0 radical (unpaired) electrons. The summed E-state index contributed by atoms with van der Waals surface area (Å²) in [6.45, 7) is 6.63. The maximum Gasteiger partial charge on any atom is 0.261 e. The summed E-state index contributed by atoms with van der Waals surface area (Å²) in [4.78, 5) is 29.9. The van der Waals surface area contributed by atoms with Crippen LogP contribution < -0.4 is 15.6 Å². The number of carbonyl (C=O) groups is 1. The van der Waals surface area contributed by atoms with Gasteiger partial charge in [0.1, 0.15) is 11.6 Å². The van der Waals surface area contributed by atoms with Gasteiger partial charge in [0.2, 0.25) is 0 Å². The molecule has 150 valence electrons. The number of fused-ring (bicyclic) bond motifs is 2. The van der Waals surface area contributed by atoms with E-state index in [-0.39, 0.29) is 23.6 Å². The zero-order chi connectivity index (χ0) is 20.5. The number of aryl methyl sites for hydroxylation is 1. The Kier molecular flexibility index (Phi) is 5.09. The minimum Gasteiger partial charge on any atom is -0.491 e. The summed E-state index contributed by atoms with van der Waals surface area (Å²) in [5.74, 6) is 1.42. The lowest BCUT2D eigenvalue weighted by Crippen LogP contribution is -2.27. The Morgan fingerprint density at radius 3 is 2.62 bits per heavy atom. The van der Waals surface area contributed by atoms with Gasteiger partial charge in [0.15, 0.2) is 0 Å². The van der Waals surface area contributed by atoms with Crippen molar-refractivity contribution in [3.05, 3.63) is 69.8 Å². The summed E-state index contributed by atoms with van der Waals surface area (Å²) in [5, 5.41) is 3.57. The molecule has 6 nitrogen and oxygen atoms in total. The third kappa shape index (κ3) is 3.88. The first-order valence-corrected chi connectivity index (χ1v) is 10.0. The van der Waals surface area contributed by atoms with Crippen molar-refractivity contribution in [3.8, 4) is 5.75 Å². The average molecular weight is 391 g/mol. The van der Waals surface area contributed by atoms with Gasteiger partial charge in [-0.3, -0.25) is 14.2 Å². The van der Waals surface area contributed by atoms with Gasteiger partial charge in [-0.2, -0.15) is 0 Å². The van der Waals surface area contributed by atoms with Crippen molar-refractivity contribution in [2.24, 2.45) is 0 Å². The molecule has 6 heteroatoms. The Balaban J connectivity index is 1.53. The highest BCUT2D eigenvalue weighted by atomic mass is 16.5. The number of ether oxygens (including phenoxy) is 1. The summed E-state index contributed by atoms with van der Waals surface area (Å²) in [6.07, 6.45) is 1.85. The molecule has 3 aromatic rings. The lowest BCUT2D eigenvalue weighted by molar-refractivity contribution is 0.0940. The number of carbonyl (C=O) groups excluding carboxylic acids is 1. The SMILES string of the molecule is CC(C)Oc1ccc(C(C)NC(=O)c2ccc3c(=O)n4c(nc3c2)CCC4)cc1. The molecule has 2 aromatic carbocycles. The Bertz CT molecular complexity index is 1120. The van der Waals surface area contributed by atoms with Crippen LogP contribution in [0.2, 0.25) is 0 Å². The standard InChI is InChI=1S/C23H25N3O3/c1-14(2)29-18-9-6-16(7-10-18)15(3)24-22(27)17-8-11-19-20(13-17)25-21-5-4-12-26(21)23(19)28/h6-11,13-15H,4-5,12H2,1-3H3,(H,24,27). The van der Waals surface area contributed by atoms with Crippen LogP contribution in [0.5, 0.6) is 5.75 Å². The second-order valence-corrected chi connectivity index (χ2v) is 7.75. The first kappa shape index (κ1) is 19.2. The first-order valence-electron chi connectivity index (χ1n) is 10.0. The van der Waals surface area contributed by atoms with E-state index < -0.39 is 0 Å². The number of hydrogen-bond donors (Lipinski definition) is 1. The van der Waals surface area contributed by atoms with Gasteiger partial charge in [0.25, 0.3) is 11.5 Å². The van der Waals surface area contributed by atoms with Crippen molar-refractivity contribution in [1.29, 1.82) is 0 Å². The van der Waals surface area contributed by atoms with Gasteiger partial charge in [-0.15, -0.1) is 0 Å². The Morgan fingerprint density at radius 1 is 1.14 bits per heavy atom. The van der Waals surface area contributed by atoms with E-state index in [2.05, 4.69) is 10.3 Å². The van der Waals surface area contributed by atoms with Crippen LogP contribution >= 0.6 is 0 Å². The molecule has 1 aliphatic rings. The molecule has 4 rings (SSSR count). The number of rotatable bonds is 5. The van der Waals surface area contributed by atoms with Gasteiger partial charge in [0.05, 0.1) is 23.0 Å². The van der Waals surface area contributed by atoms with E-state index in [0.29, 0.717) is 16.5 Å². The van der Waals surface area contributed by atoms with E-state index in [1.165, 1.54) is 0 Å².